The quantitative estimate of drug-likeness (QED) is 0.159. The first kappa shape index (κ1) is 35.0. The van der Waals surface area contributed by atoms with E-state index in [-0.39, 0.29) is 0 Å². The van der Waals surface area contributed by atoms with E-state index >= 15 is 0 Å². The van der Waals surface area contributed by atoms with Gasteiger partial charge >= 0.3 is 0 Å². The van der Waals surface area contributed by atoms with Crippen LogP contribution in [0.3, 0.4) is 0 Å². The molecule has 2 nitrogen and oxygen atoms in total. The van der Waals surface area contributed by atoms with Crippen LogP contribution in [-0.2, 0) is 0 Å². The second-order valence-corrected chi connectivity index (χ2v) is 20.1. The van der Waals surface area contributed by atoms with Crippen LogP contribution in [0.1, 0.15) is 0 Å². The second kappa shape index (κ2) is 13.6. The highest BCUT2D eigenvalue weighted by molar-refractivity contribution is 7.25. The van der Waals surface area contributed by atoms with Gasteiger partial charge in [0.15, 0.2) is 8.07 Å². The molecule has 0 amide bonds. The van der Waals surface area contributed by atoms with E-state index in [9.17, 15) is 0 Å². The first-order chi connectivity index (χ1) is 30.8. The van der Waals surface area contributed by atoms with Gasteiger partial charge in [0.2, 0.25) is 0 Å². The molecule has 0 N–H and O–H groups in total. The van der Waals surface area contributed by atoms with E-state index in [0.29, 0.717) is 0 Å². The number of fused-ring (bicyclic) bond motifs is 13. The molecule has 2 aliphatic heterocycles. The number of benzene rings is 9. The summed E-state index contributed by atoms with van der Waals surface area (Å²) in [6.45, 7) is 0. The lowest BCUT2D eigenvalue weighted by Crippen LogP contribution is -2.71. The van der Waals surface area contributed by atoms with Crippen LogP contribution in [0.5, 0.6) is 0 Å². The van der Waals surface area contributed by atoms with Crippen LogP contribution in [0.4, 0.5) is 0 Å². The fourth-order valence-electron chi connectivity index (χ4n) is 11.0. The van der Waals surface area contributed by atoms with Crippen molar-refractivity contribution in [3.05, 3.63) is 231 Å². The van der Waals surface area contributed by atoms with Gasteiger partial charge in [0, 0.05) is 33.2 Å². The third-order valence-electron chi connectivity index (χ3n) is 13.4. The van der Waals surface area contributed by atoms with Crippen molar-refractivity contribution in [2.24, 2.45) is 0 Å². The van der Waals surface area contributed by atoms with Gasteiger partial charge in [0.1, 0.15) is 0 Å². The molecule has 2 aliphatic rings. The fourth-order valence-corrected chi connectivity index (χ4v) is 17.1. The van der Waals surface area contributed by atoms with Crippen LogP contribution in [-0.4, -0.2) is 17.6 Å². The van der Waals surface area contributed by atoms with Crippen molar-refractivity contribution in [2.45, 2.75) is 0 Å². The van der Waals surface area contributed by atoms with Crippen LogP contribution in [0.15, 0.2) is 231 Å². The monoisotopic (exact) mass is 802 g/mol. The van der Waals surface area contributed by atoms with Crippen molar-refractivity contribution in [3.8, 4) is 72.7 Å². The SMILES string of the molecule is c1ccc(-c2cc(-c3cccc4c3[Si]3(c5ccccc5-4)c4ccccc4-c4cccc(-c5cccc6c7ccccc7n(-c7ccccc7)c56)c43)cc(-c3ccccc3)n2)cc1. The Labute approximate surface area is 361 Å². The topological polar surface area (TPSA) is 17.8 Å². The lowest BCUT2D eigenvalue weighted by Gasteiger charge is -2.31. The Morgan fingerprint density at radius 3 is 1.39 bits per heavy atom. The maximum atomic E-state index is 5.34. The van der Waals surface area contributed by atoms with E-state index in [2.05, 4.69) is 235 Å². The van der Waals surface area contributed by atoms with Gasteiger partial charge in [-0.25, -0.2) is 4.98 Å². The summed E-state index contributed by atoms with van der Waals surface area (Å²) >= 11 is 0. The summed E-state index contributed by atoms with van der Waals surface area (Å²) in [5.74, 6) is 0. The maximum Gasteiger partial charge on any atom is 0.183 e. The highest BCUT2D eigenvalue weighted by atomic mass is 28.3. The molecule has 1 spiro atoms. The molecule has 0 radical (unpaired) electrons. The number of rotatable bonds is 5. The van der Waals surface area contributed by atoms with Crippen LogP contribution in [0.25, 0.3) is 94.5 Å². The van der Waals surface area contributed by atoms with Crippen LogP contribution >= 0.6 is 0 Å². The summed E-state index contributed by atoms with van der Waals surface area (Å²) < 4.78 is 2.49. The Kier molecular flexibility index (Phi) is 7.66. The third-order valence-corrected chi connectivity index (χ3v) is 18.5. The molecule has 0 saturated carbocycles. The van der Waals surface area contributed by atoms with Gasteiger partial charge < -0.3 is 4.57 Å². The third kappa shape index (κ3) is 4.88. The summed E-state index contributed by atoms with van der Waals surface area (Å²) in [5.41, 5.74) is 18.1. The van der Waals surface area contributed by atoms with E-state index < -0.39 is 8.07 Å². The molecular weight excluding hydrogens is 765 g/mol. The molecule has 13 rings (SSSR count). The van der Waals surface area contributed by atoms with E-state index in [1.54, 1.807) is 0 Å². The predicted octanol–water partition coefficient (Wildman–Crippen LogP) is 12.2. The van der Waals surface area contributed by atoms with Gasteiger partial charge in [-0.3, -0.25) is 0 Å². The van der Waals surface area contributed by atoms with Crippen molar-refractivity contribution in [3.63, 3.8) is 0 Å². The number of hydrogen-bond donors (Lipinski definition) is 0. The number of pyridine rings is 1. The molecular formula is C59H38N2Si. The van der Waals surface area contributed by atoms with E-state index in [0.717, 1.165) is 28.2 Å². The van der Waals surface area contributed by atoms with Crippen molar-refractivity contribution < 1.29 is 0 Å². The minimum absolute atomic E-state index is 0.971. The molecule has 3 heteroatoms. The highest BCUT2D eigenvalue weighted by Crippen LogP contribution is 2.44. The zero-order valence-corrected chi connectivity index (χ0v) is 34.8. The van der Waals surface area contributed by atoms with Gasteiger partial charge in [-0.2, -0.15) is 0 Å². The molecule has 0 aliphatic carbocycles. The normalized spacial score (nSPS) is 14.5. The molecule has 62 heavy (non-hydrogen) atoms. The molecule has 0 fully saturated rings. The molecule has 11 aromatic rings. The Bertz CT molecular complexity index is 3500. The Hall–Kier alpha value is -7.85. The van der Waals surface area contributed by atoms with Crippen molar-refractivity contribution in [2.75, 3.05) is 0 Å². The number of para-hydroxylation sites is 3. The maximum absolute atomic E-state index is 5.34. The number of aromatic nitrogens is 2. The van der Waals surface area contributed by atoms with Gasteiger partial charge in [-0.05, 0) is 90.0 Å². The first-order valence-electron chi connectivity index (χ1n) is 21.5. The largest absolute Gasteiger partial charge is 0.309 e. The number of hydrogen-bond acceptors (Lipinski definition) is 1. The average Bonchev–Trinajstić information content (AvgIpc) is 3.97. The average molecular weight is 803 g/mol. The summed E-state index contributed by atoms with van der Waals surface area (Å²) in [6, 6.07) is 85.4. The Morgan fingerprint density at radius 2 is 0.758 bits per heavy atom. The van der Waals surface area contributed by atoms with E-state index in [1.165, 1.54) is 87.1 Å². The lowest BCUT2D eigenvalue weighted by atomic mass is 9.96. The molecule has 2 aromatic heterocycles. The zero-order valence-electron chi connectivity index (χ0n) is 33.8. The number of nitrogens with zero attached hydrogens (tertiary/aromatic N) is 2. The van der Waals surface area contributed by atoms with E-state index in [4.69, 9.17) is 4.98 Å². The first-order valence-corrected chi connectivity index (χ1v) is 23.5. The van der Waals surface area contributed by atoms with Crippen LogP contribution in [0.2, 0.25) is 0 Å². The van der Waals surface area contributed by atoms with E-state index in [1.807, 2.05) is 0 Å². The van der Waals surface area contributed by atoms with Crippen LogP contribution in [0, 0.1) is 0 Å². The van der Waals surface area contributed by atoms with Gasteiger partial charge in [-0.15, -0.1) is 0 Å². The fraction of sp³-hybridized carbons (Fsp3) is 0. The van der Waals surface area contributed by atoms with Crippen LogP contribution < -0.4 is 20.7 Å². The minimum Gasteiger partial charge on any atom is -0.309 e. The summed E-state index contributed by atoms with van der Waals surface area (Å²) in [6.07, 6.45) is 0. The van der Waals surface area contributed by atoms with Crippen molar-refractivity contribution >= 4 is 50.6 Å². The molecule has 4 heterocycles. The second-order valence-electron chi connectivity index (χ2n) is 16.5. The molecule has 1 unspecified atom stereocenters. The van der Waals surface area contributed by atoms with Crippen molar-refractivity contribution in [1.82, 2.24) is 9.55 Å². The summed E-state index contributed by atoms with van der Waals surface area (Å²) in [5, 5.41) is 8.36. The summed E-state index contributed by atoms with van der Waals surface area (Å²) in [7, 11) is -3.05. The molecule has 288 valence electrons. The standard InChI is InChI=1S/C59H38N2Si/c1-4-19-39(20-5-1)52-37-41(38-53(60-52)40-21-6-2-7-22-40)43-28-16-31-49-45-26-11-14-35-55(45)62(58(43)49)56-36-15-12-27-46(56)50-32-18-33-51(59(50)62)48-30-17-29-47-44-25-10-13-34-54(44)61(57(47)48)42-23-8-3-9-24-42/h1-38H. The lowest BCUT2D eigenvalue weighted by molar-refractivity contribution is 1.18. The zero-order chi connectivity index (χ0) is 40.8. The Morgan fingerprint density at radius 1 is 0.323 bits per heavy atom. The predicted molar refractivity (Wildman–Crippen MR) is 262 cm³/mol. The van der Waals surface area contributed by atoms with Crippen molar-refractivity contribution in [1.29, 1.82) is 0 Å². The highest BCUT2D eigenvalue weighted by Gasteiger charge is 2.56. The molecule has 1 atom stereocenters. The smallest absolute Gasteiger partial charge is 0.183 e. The Balaban J connectivity index is 1.17. The van der Waals surface area contributed by atoms with Gasteiger partial charge in [0.25, 0.3) is 0 Å². The van der Waals surface area contributed by atoms with Gasteiger partial charge in [-0.1, -0.05) is 200 Å². The molecule has 0 saturated heterocycles. The van der Waals surface area contributed by atoms with Gasteiger partial charge in [0.05, 0.1) is 22.4 Å². The summed E-state index contributed by atoms with van der Waals surface area (Å²) in [4.78, 5) is 5.34. The minimum atomic E-state index is -3.05. The molecule has 0 bridgehead atoms. The molecule has 9 aromatic carbocycles.